The highest BCUT2D eigenvalue weighted by Crippen LogP contribution is 2.43. The van der Waals surface area contributed by atoms with Crippen LogP contribution in [0, 0.1) is 17.8 Å². The summed E-state index contributed by atoms with van der Waals surface area (Å²) in [5.41, 5.74) is 6.00. The zero-order chi connectivity index (χ0) is 18.7. The van der Waals surface area contributed by atoms with Crippen molar-refractivity contribution in [3.63, 3.8) is 0 Å². The molecule has 3 aliphatic rings. The number of fused-ring (bicyclic) bond motifs is 1. The third-order valence-electron chi connectivity index (χ3n) is 6.09. The van der Waals surface area contributed by atoms with E-state index in [2.05, 4.69) is 20.7 Å². The van der Waals surface area contributed by atoms with Crippen molar-refractivity contribution in [1.29, 1.82) is 0 Å². The van der Waals surface area contributed by atoms with E-state index in [-0.39, 0.29) is 42.3 Å². The molecule has 146 valence electrons. The molecule has 8 heteroatoms. The van der Waals surface area contributed by atoms with Crippen molar-refractivity contribution >= 4 is 17.9 Å². The number of amides is 3. The van der Waals surface area contributed by atoms with Crippen molar-refractivity contribution in [2.45, 2.75) is 63.1 Å². The Bertz CT molecular complexity index is 541. The summed E-state index contributed by atoms with van der Waals surface area (Å²) in [5, 5.41) is 8.82. The maximum absolute atomic E-state index is 12.1. The zero-order valence-electron chi connectivity index (χ0n) is 15.3. The highest BCUT2D eigenvalue weighted by atomic mass is 16.5. The van der Waals surface area contributed by atoms with Gasteiger partial charge in [0.2, 0.25) is 5.91 Å². The van der Waals surface area contributed by atoms with Crippen molar-refractivity contribution < 1.29 is 19.1 Å². The predicted molar refractivity (Wildman–Crippen MR) is 95.0 cm³/mol. The summed E-state index contributed by atoms with van der Waals surface area (Å²) in [5.74, 6) is 0.517. The third-order valence-corrected chi connectivity index (χ3v) is 6.09. The monoisotopic (exact) mass is 366 g/mol. The molecule has 3 rings (SSSR count). The molecule has 26 heavy (non-hydrogen) atoms. The second kappa shape index (κ2) is 8.24. The van der Waals surface area contributed by atoms with E-state index in [1.54, 1.807) is 0 Å². The Morgan fingerprint density at radius 3 is 2.54 bits per heavy atom. The minimum Gasteiger partial charge on any atom is -0.469 e. The number of carbonyl (C=O) groups is 3. The van der Waals surface area contributed by atoms with Gasteiger partial charge in [0.1, 0.15) is 0 Å². The van der Waals surface area contributed by atoms with E-state index in [0.717, 1.165) is 25.7 Å². The molecule has 0 aromatic heterocycles. The molecule has 1 saturated heterocycles. The van der Waals surface area contributed by atoms with Gasteiger partial charge in [-0.15, -0.1) is 0 Å². The fourth-order valence-electron chi connectivity index (χ4n) is 4.86. The van der Waals surface area contributed by atoms with Crippen molar-refractivity contribution in [3.05, 3.63) is 0 Å². The molecule has 0 spiro atoms. The molecule has 0 bridgehead atoms. The predicted octanol–water partition coefficient (Wildman–Crippen LogP) is 0.259. The van der Waals surface area contributed by atoms with E-state index in [1.165, 1.54) is 7.11 Å². The summed E-state index contributed by atoms with van der Waals surface area (Å²) in [6.07, 6.45) is 5.59. The van der Waals surface area contributed by atoms with Crippen LogP contribution in [0.1, 0.15) is 44.9 Å². The lowest BCUT2D eigenvalue weighted by molar-refractivity contribution is -0.143. The van der Waals surface area contributed by atoms with Gasteiger partial charge in [0.05, 0.1) is 19.4 Å². The van der Waals surface area contributed by atoms with Crippen LogP contribution in [0.2, 0.25) is 0 Å². The lowest BCUT2D eigenvalue weighted by Gasteiger charge is -2.16. The summed E-state index contributed by atoms with van der Waals surface area (Å²) in [6, 6.07) is 0.428. The first-order valence-corrected chi connectivity index (χ1v) is 9.61. The minimum atomic E-state index is -0.370. The molecule has 1 aliphatic heterocycles. The number of urea groups is 1. The Labute approximate surface area is 154 Å². The van der Waals surface area contributed by atoms with Gasteiger partial charge in [0, 0.05) is 24.7 Å². The lowest BCUT2D eigenvalue weighted by Crippen LogP contribution is -2.42. The van der Waals surface area contributed by atoms with E-state index in [4.69, 9.17) is 5.73 Å². The summed E-state index contributed by atoms with van der Waals surface area (Å²) in [6.45, 7) is 0.492. The van der Waals surface area contributed by atoms with Gasteiger partial charge in [-0.05, 0) is 50.4 Å². The lowest BCUT2D eigenvalue weighted by atomic mass is 10.00. The van der Waals surface area contributed by atoms with Gasteiger partial charge in [-0.3, -0.25) is 9.59 Å². The first kappa shape index (κ1) is 18.9. The van der Waals surface area contributed by atoms with Gasteiger partial charge >= 0.3 is 12.0 Å². The fraction of sp³-hybridized carbons (Fsp3) is 0.833. The maximum Gasteiger partial charge on any atom is 0.315 e. The van der Waals surface area contributed by atoms with Gasteiger partial charge in [-0.2, -0.15) is 0 Å². The van der Waals surface area contributed by atoms with Crippen molar-refractivity contribution in [2.24, 2.45) is 23.5 Å². The second-order valence-corrected chi connectivity index (χ2v) is 8.03. The van der Waals surface area contributed by atoms with Gasteiger partial charge in [-0.1, -0.05) is 0 Å². The molecule has 5 N–H and O–H groups in total. The number of ether oxygens (including phenoxy) is 1. The van der Waals surface area contributed by atoms with E-state index < -0.39 is 0 Å². The van der Waals surface area contributed by atoms with Crippen LogP contribution in [-0.2, 0) is 14.3 Å². The molecule has 8 nitrogen and oxygen atoms in total. The summed E-state index contributed by atoms with van der Waals surface area (Å²) in [4.78, 5) is 35.2. The molecule has 2 saturated carbocycles. The standard InChI is InChI=1S/C18H30N4O4/c1-26-16(23)9-12-8-14(21-17(12)24)2-3-20-18(25)22-15-6-10-4-13(19)5-11(10)7-15/h10-15H,2-9,19H2,1H3,(H,21,24)(H2,20,22,25)/t10-,11+,12-,13?,14+,15?/m0/s1. The second-order valence-electron chi connectivity index (χ2n) is 8.03. The Kier molecular flexibility index (Phi) is 6.01. The molecule has 0 aromatic rings. The Morgan fingerprint density at radius 2 is 1.88 bits per heavy atom. The fourth-order valence-corrected chi connectivity index (χ4v) is 4.86. The highest BCUT2D eigenvalue weighted by molar-refractivity contribution is 5.85. The number of rotatable bonds is 6. The quantitative estimate of drug-likeness (QED) is 0.502. The van der Waals surface area contributed by atoms with Crippen LogP contribution >= 0.6 is 0 Å². The zero-order valence-corrected chi connectivity index (χ0v) is 15.3. The molecular weight excluding hydrogens is 336 g/mol. The van der Waals surface area contributed by atoms with Crippen molar-refractivity contribution in [3.8, 4) is 0 Å². The molecule has 6 atom stereocenters. The van der Waals surface area contributed by atoms with Gasteiger partial charge < -0.3 is 26.4 Å². The average Bonchev–Trinajstić information content (AvgIpc) is 3.20. The Hall–Kier alpha value is -1.83. The number of carbonyl (C=O) groups excluding carboxylic acids is 3. The highest BCUT2D eigenvalue weighted by Gasteiger charge is 2.41. The van der Waals surface area contributed by atoms with Crippen LogP contribution in [0.15, 0.2) is 0 Å². The van der Waals surface area contributed by atoms with Crippen LogP contribution < -0.4 is 21.7 Å². The van der Waals surface area contributed by atoms with Crippen molar-refractivity contribution in [2.75, 3.05) is 13.7 Å². The van der Waals surface area contributed by atoms with E-state index in [0.29, 0.717) is 37.3 Å². The maximum atomic E-state index is 12.1. The molecule has 2 aliphatic carbocycles. The SMILES string of the molecule is COC(=O)C[C@@H]1C[C@@H](CCNC(=O)NC2C[C@H]3CC(N)C[C@H]3C2)NC1=O. The topological polar surface area (TPSA) is 123 Å². The molecule has 3 amide bonds. The minimum absolute atomic E-state index is 0.00946. The number of nitrogens with one attached hydrogen (secondary N) is 3. The normalized spacial score (nSPS) is 35.7. The third kappa shape index (κ3) is 4.66. The number of hydrogen-bond donors (Lipinski definition) is 4. The van der Waals surface area contributed by atoms with Gasteiger partial charge in [0.25, 0.3) is 0 Å². The van der Waals surface area contributed by atoms with Crippen LogP contribution in [0.4, 0.5) is 4.79 Å². The smallest absolute Gasteiger partial charge is 0.315 e. The van der Waals surface area contributed by atoms with Crippen molar-refractivity contribution in [1.82, 2.24) is 16.0 Å². The van der Waals surface area contributed by atoms with Crippen LogP contribution in [0.5, 0.6) is 0 Å². The molecule has 3 fully saturated rings. The van der Waals surface area contributed by atoms with E-state index in [9.17, 15) is 14.4 Å². The summed E-state index contributed by atoms with van der Waals surface area (Å²) < 4.78 is 4.61. The number of hydrogen-bond acceptors (Lipinski definition) is 5. The number of esters is 1. The molecular formula is C18H30N4O4. The van der Waals surface area contributed by atoms with E-state index >= 15 is 0 Å². The summed E-state index contributed by atoms with van der Waals surface area (Å²) in [7, 11) is 1.32. The van der Waals surface area contributed by atoms with Crippen LogP contribution in [0.25, 0.3) is 0 Å². The number of nitrogens with two attached hydrogens (primary N) is 1. The number of methoxy groups -OCH3 is 1. The first-order valence-electron chi connectivity index (χ1n) is 9.61. The molecule has 0 radical (unpaired) electrons. The Balaban J connectivity index is 1.31. The van der Waals surface area contributed by atoms with Crippen LogP contribution in [-0.4, -0.2) is 49.7 Å². The molecule has 0 aromatic carbocycles. The molecule has 1 heterocycles. The van der Waals surface area contributed by atoms with Crippen LogP contribution in [0.3, 0.4) is 0 Å². The molecule has 2 unspecified atom stereocenters. The van der Waals surface area contributed by atoms with Gasteiger partial charge in [-0.25, -0.2) is 4.79 Å². The Morgan fingerprint density at radius 1 is 1.19 bits per heavy atom. The van der Waals surface area contributed by atoms with E-state index in [1.807, 2.05) is 0 Å². The summed E-state index contributed by atoms with van der Waals surface area (Å²) >= 11 is 0. The average molecular weight is 366 g/mol. The van der Waals surface area contributed by atoms with Gasteiger partial charge in [0.15, 0.2) is 0 Å². The largest absolute Gasteiger partial charge is 0.469 e. The first-order chi connectivity index (χ1) is 12.4.